The lowest BCUT2D eigenvalue weighted by molar-refractivity contribution is -0.134. The summed E-state index contributed by atoms with van der Waals surface area (Å²) in [4.78, 5) is 13.1. The summed E-state index contributed by atoms with van der Waals surface area (Å²) >= 11 is 0. The molecule has 0 aromatic heterocycles. The van der Waals surface area contributed by atoms with Crippen molar-refractivity contribution >= 4 is 17.2 Å². The Morgan fingerprint density at radius 2 is 2.05 bits per heavy atom. The van der Waals surface area contributed by atoms with E-state index >= 15 is 0 Å². The van der Waals surface area contributed by atoms with Crippen molar-refractivity contribution in [2.24, 2.45) is 0 Å². The van der Waals surface area contributed by atoms with Crippen LogP contribution in [0.5, 0.6) is 0 Å². The number of aliphatic carboxylic acids is 1. The van der Waals surface area contributed by atoms with Crippen molar-refractivity contribution in [2.45, 2.75) is 46.1 Å². The van der Waals surface area contributed by atoms with Gasteiger partial charge in [0, 0.05) is 18.3 Å². The molecule has 1 aromatic rings. The fraction of sp³-hybridized carbons (Fsp3) is 0.471. The van der Waals surface area contributed by atoms with E-state index in [1.807, 2.05) is 18.2 Å². The predicted molar refractivity (Wildman–Crippen MR) is 83.2 cm³/mol. The zero-order valence-corrected chi connectivity index (χ0v) is 12.8. The van der Waals surface area contributed by atoms with E-state index in [1.54, 1.807) is 0 Å². The number of benzene rings is 1. The van der Waals surface area contributed by atoms with Crippen molar-refractivity contribution in [1.29, 1.82) is 0 Å². The molecule has 0 amide bonds. The zero-order valence-electron chi connectivity index (χ0n) is 12.8. The van der Waals surface area contributed by atoms with E-state index < -0.39 is 11.8 Å². The lowest BCUT2D eigenvalue weighted by atomic mass is 9.99. The maximum atomic E-state index is 13.6. The number of carboxylic acid groups (broad SMARTS) is 1. The molecule has 1 aliphatic heterocycles. The molecule has 0 saturated heterocycles. The molecule has 0 radical (unpaired) electrons. The predicted octanol–water partition coefficient (Wildman–Crippen LogP) is 4.02. The smallest absolute Gasteiger partial charge is 0.365 e. The molecule has 21 heavy (non-hydrogen) atoms. The number of rotatable bonds is 3. The van der Waals surface area contributed by atoms with Crippen LogP contribution in [0, 0.1) is 0 Å². The van der Waals surface area contributed by atoms with E-state index in [1.165, 1.54) is 18.2 Å². The molecule has 1 N–H and O–H groups in total. The van der Waals surface area contributed by atoms with Gasteiger partial charge in [0.1, 0.15) is 0 Å². The lowest BCUT2D eigenvalue weighted by Crippen LogP contribution is -2.31. The van der Waals surface area contributed by atoms with Crippen LogP contribution in [0.4, 0.5) is 10.1 Å². The minimum absolute atomic E-state index is 0.186. The number of aryl methyl sites for hydroxylation is 1. The van der Waals surface area contributed by atoms with Crippen LogP contribution in [0.25, 0.3) is 5.57 Å². The zero-order chi connectivity index (χ0) is 15.6. The van der Waals surface area contributed by atoms with Gasteiger partial charge in [-0.1, -0.05) is 6.07 Å². The van der Waals surface area contributed by atoms with E-state index in [0.717, 1.165) is 25.8 Å². The van der Waals surface area contributed by atoms with Crippen molar-refractivity contribution in [3.05, 3.63) is 35.2 Å². The summed E-state index contributed by atoms with van der Waals surface area (Å²) in [6, 6.07) is 6.17. The normalized spacial score (nSPS) is 16.3. The Bertz CT molecular complexity index is 578. The van der Waals surface area contributed by atoms with Gasteiger partial charge < -0.3 is 10.0 Å². The highest BCUT2D eigenvalue weighted by Gasteiger charge is 2.19. The first-order valence-electron chi connectivity index (χ1n) is 7.41. The second kappa shape index (κ2) is 6.29. The Morgan fingerprint density at radius 3 is 2.67 bits per heavy atom. The summed E-state index contributed by atoms with van der Waals surface area (Å²) in [5, 5.41) is 8.77. The Hall–Kier alpha value is -1.84. The van der Waals surface area contributed by atoms with Crippen LogP contribution >= 0.6 is 0 Å². The molecule has 4 heteroatoms. The first-order valence-corrected chi connectivity index (χ1v) is 7.41. The highest BCUT2D eigenvalue weighted by Crippen LogP contribution is 2.31. The minimum atomic E-state index is -1.51. The minimum Gasteiger partial charge on any atom is -0.476 e. The average molecular weight is 291 g/mol. The molecule has 0 fully saturated rings. The number of carboxylic acids is 1. The summed E-state index contributed by atoms with van der Waals surface area (Å²) in [5.41, 5.74) is 3.20. The third kappa shape index (κ3) is 3.26. The molecule has 0 aliphatic carbocycles. The standard InChI is InChI=1S/C17H22FNO2/c1-11(2)19-9-5-4-6-14-10-13(7-8-15(14)19)12(3)16(18)17(20)21/h7-8,10-11H,4-6,9H2,1-3H3,(H,20,21)/b16-12-. The first-order chi connectivity index (χ1) is 9.91. The number of nitrogens with zero attached hydrogens (tertiary/aromatic N) is 1. The van der Waals surface area contributed by atoms with Gasteiger partial charge in [0.2, 0.25) is 5.83 Å². The molecule has 0 atom stereocenters. The van der Waals surface area contributed by atoms with Crippen molar-refractivity contribution in [3.63, 3.8) is 0 Å². The van der Waals surface area contributed by atoms with Crippen molar-refractivity contribution in [3.8, 4) is 0 Å². The van der Waals surface area contributed by atoms with Crippen LogP contribution in [0.15, 0.2) is 24.0 Å². The van der Waals surface area contributed by atoms with E-state index in [0.29, 0.717) is 11.6 Å². The molecular formula is C17H22FNO2. The van der Waals surface area contributed by atoms with Crippen molar-refractivity contribution in [1.82, 2.24) is 0 Å². The molecule has 114 valence electrons. The molecule has 0 spiro atoms. The van der Waals surface area contributed by atoms with Crippen LogP contribution in [-0.4, -0.2) is 23.7 Å². The van der Waals surface area contributed by atoms with Crippen LogP contribution in [-0.2, 0) is 11.2 Å². The van der Waals surface area contributed by atoms with Gasteiger partial charge >= 0.3 is 5.97 Å². The van der Waals surface area contributed by atoms with Crippen LogP contribution in [0.1, 0.15) is 44.7 Å². The van der Waals surface area contributed by atoms with Gasteiger partial charge in [-0.3, -0.25) is 0 Å². The molecule has 3 nitrogen and oxygen atoms in total. The quantitative estimate of drug-likeness (QED) is 0.855. The van der Waals surface area contributed by atoms with E-state index in [2.05, 4.69) is 18.7 Å². The fourth-order valence-electron chi connectivity index (χ4n) is 2.84. The number of hydrogen-bond acceptors (Lipinski definition) is 2. The third-order valence-corrected chi connectivity index (χ3v) is 4.06. The largest absolute Gasteiger partial charge is 0.476 e. The number of anilines is 1. The second-order valence-corrected chi connectivity index (χ2v) is 5.83. The summed E-state index contributed by atoms with van der Waals surface area (Å²) in [6.07, 6.45) is 3.19. The third-order valence-electron chi connectivity index (χ3n) is 4.06. The Morgan fingerprint density at radius 1 is 1.33 bits per heavy atom. The number of allylic oxidation sites excluding steroid dienone is 1. The molecule has 1 aromatic carbocycles. The maximum absolute atomic E-state index is 13.6. The maximum Gasteiger partial charge on any atom is 0.365 e. The molecule has 1 aliphatic rings. The summed E-state index contributed by atoms with van der Waals surface area (Å²) < 4.78 is 13.6. The summed E-state index contributed by atoms with van der Waals surface area (Å²) in [6.45, 7) is 6.88. The fourth-order valence-corrected chi connectivity index (χ4v) is 2.84. The number of halogens is 1. The van der Waals surface area contributed by atoms with Crippen LogP contribution < -0.4 is 4.90 Å². The van der Waals surface area contributed by atoms with E-state index in [9.17, 15) is 9.18 Å². The molecule has 0 bridgehead atoms. The van der Waals surface area contributed by atoms with Crippen LogP contribution in [0.2, 0.25) is 0 Å². The summed E-state index contributed by atoms with van der Waals surface area (Å²) in [5.74, 6) is -2.59. The number of carbonyl (C=O) groups is 1. The van der Waals surface area contributed by atoms with Gasteiger partial charge in [-0.25, -0.2) is 4.79 Å². The van der Waals surface area contributed by atoms with E-state index in [4.69, 9.17) is 5.11 Å². The van der Waals surface area contributed by atoms with Gasteiger partial charge in [0.25, 0.3) is 0 Å². The van der Waals surface area contributed by atoms with Gasteiger partial charge in [-0.15, -0.1) is 0 Å². The van der Waals surface area contributed by atoms with E-state index in [-0.39, 0.29) is 5.57 Å². The van der Waals surface area contributed by atoms with Gasteiger partial charge in [0.05, 0.1) is 0 Å². The first kappa shape index (κ1) is 15.5. The SMILES string of the molecule is C/C(=C(/F)C(=O)O)c1ccc2c(c1)CCCCN2C(C)C. The number of hydrogen-bond donors (Lipinski definition) is 1. The monoisotopic (exact) mass is 291 g/mol. The average Bonchev–Trinajstić information content (AvgIpc) is 2.66. The van der Waals surface area contributed by atoms with Gasteiger partial charge in [-0.05, 0) is 68.9 Å². The molecule has 0 unspecified atom stereocenters. The highest BCUT2D eigenvalue weighted by molar-refractivity contribution is 5.93. The van der Waals surface area contributed by atoms with Gasteiger partial charge in [0.15, 0.2) is 0 Å². The molecule has 2 rings (SSSR count). The lowest BCUT2D eigenvalue weighted by Gasteiger charge is -2.29. The summed E-state index contributed by atoms with van der Waals surface area (Å²) in [7, 11) is 0. The second-order valence-electron chi connectivity index (χ2n) is 5.83. The Balaban J connectivity index is 2.45. The molecule has 0 saturated carbocycles. The van der Waals surface area contributed by atoms with Crippen molar-refractivity contribution in [2.75, 3.05) is 11.4 Å². The topological polar surface area (TPSA) is 40.5 Å². The van der Waals surface area contributed by atoms with Gasteiger partial charge in [-0.2, -0.15) is 4.39 Å². The molecular weight excluding hydrogens is 269 g/mol. The molecule has 1 heterocycles. The van der Waals surface area contributed by atoms with Crippen molar-refractivity contribution < 1.29 is 14.3 Å². The van der Waals surface area contributed by atoms with Crippen LogP contribution in [0.3, 0.4) is 0 Å². The highest BCUT2D eigenvalue weighted by atomic mass is 19.1. The Kier molecular flexibility index (Phi) is 4.66. The Labute approximate surface area is 125 Å². The number of fused-ring (bicyclic) bond motifs is 1.